The van der Waals surface area contributed by atoms with Gasteiger partial charge in [-0.05, 0) is 48.4 Å². The maximum atomic E-state index is 13.2. The van der Waals surface area contributed by atoms with Gasteiger partial charge in [-0.25, -0.2) is 9.18 Å². The highest BCUT2D eigenvalue weighted by molar-refractivity contribution is 5.89. The van der Waals surface area contributed by atoms with Gasteiger partial charge in [-0.2, -0.15) is 0 Å². The van der Waals surface area contributed by atoms with Crippen LogP contribution in [0.4, 0.5) is 14.9 Å². The van der Waals surface area contributed by atoms with Crippen LogP contribution in [0.2, 0.25) is 0 Å². The normalized spacial score (nSPS) is 15.4. The fourth-order valence-corrected chi connectivity index (χ4v) is 3.57. The molecule has 32 heavy (non-hydrogen) atoms. The van der Waals surface area contributed by atoms with Crippen LogP contribution in [0.5, 0.6) is 5.75 Å². The van der Waals surface area contributed by atoms with Gasteiger partial charge in [0, 0.05) is 30.9 Å². The fraction of sp³-hybridized carbons (Fsp3) is 0.200. The van der Waals surface area contributed by atoms with Crippen molar-refractivity contribution in [2.45, 2.75) is 32.7 Å². The number of fused-ring (bicyclic) bond motifs is 1. The molecule has 1 unspecified atom stereocenters. The van der Waals surface area contributed by atoms with Crippen molar-refractivity contribution in [2.75, 3.05) is 5.32 Å². The Morgan fingerprint density at radius 3 is 2.56 bits per heavy atom. The van der Waals surface area contributed by atoms with Gasteiger partial charge in [0.1, 0.15) is 11.6 Å². The third-order valence-electron chi connectivity index (χ3n) is 5.23. The Bertz CT molecular complexity index is 1100. The van der Waals surface area contributed by atoms with Gasteiger partial charge in [0.05, 0.1) is 0 Å². The minimum Gasteiger partial charge on any atom is -0.481 e. The molecule has 0 radical (unpaired) electrons. The molecule has 0 saturated heterocycles. The van der Waals surface area contributed by atoms with Crippen molar-refractivity contribution in [1.29, 1.82) is 0 Å². The average molecular weight is 433 g/mol. The van der Waals surface area contributed by atoms with E-state index >= 15 is 0 Å². The monoisotopic (exact) mass is 433 g/mol. The van der Waals surface area contributed by atoms with Crippen LogP contribution in [-0.2, 0) is 24.4 Å². The first kappa shape index (κ1) is 21.4. The summed E-state index contributed by atoms with van der Waals surface area (Å²) in [6.45, 7) is 2.77. The molecule has 0 saturated carbocycles. The number of hydrogen-bond donors (Lipinski definition) is 2. The third kappa shape index (κ3) is 5.24. The lowest BCUT2D eigenvalue weighted by Crippen LogP contribution is -2.37. The second kappa shape index (κ2) is 9.51. The van der Waals surface area contributed by atoms with E-state index in [-0.39, 0.29) is 17.8 Å². The number of ether oxygens (including phenoxy) is 1. The first-order valence-electron chi connectivity index (χ1n) is 10.4. The van der Waals surface area contributed by atoms with E-state index < -0.39 is 6.10 Å². The number of nitrogens with one attached hydrogen (secondary N) is 2. The molecule has 164 valence electrons. The summed E-state index contributed by atoms with van der Waals surface area (Å²) < 4.78 is 19.1. The summed E-state index contributed by atoms with van der Waals surface area (Å²) in [6, 6.07) is 20.7. The van der Waals surface area contributed by atoms with E-state index in [1.54, 1.807) is 42.2 Å². The molecule has 3 amide bonds. The number of anilines is 1. The number of nitrogens with zero attached hydrogens (tertiary/aromatic N) is 1. The minimum atomic E-state index is -0.648. The molecule has 7 heteroatoms. The van der Waals surface area contributed by atoms with Gasteiger partial charge in [0.2, 0.25) is 0 Å². The molecule has 3 aromatic carbocycles. The Hall–Kier alpha value is -3.87. The maximum absolute atomic E-state index is 13.2. The van der Waals surface area contributed by atoms with E-state index in [0.29, 0.717) is 31.1 Å². The van der Waals surface area contributed by atoms with Crippen molar-refractivity contribution in [1.82, 2.24) is 10.2 Å². The van der Waals surface area contributed by atoms with Gasteiger partial charge < -0.3 is 20.3 Å². The Kier molecular flexibility index (Phi) is 6.35. The zero-order valence-electron chi connectivity index (χ0n) is 17.7. The summed E-state index contributed by atoms with van der Waals surface area (Å²) >= 11 is 0. The number of carbonyl (C=O) groups excluding carboxylic acids is 2. The van der Waals surface area contributed by atoms with Crippen molar-refractivity contribution in [3.8, 4) is 5.75 Å². The standard InChI is InChI=1S/C25H24FN3O3/c1-17-24(30)29(15-19-7-9-21(26)10-8-19)16-20-13-22(11-12-23(20)32-17)28-25(31)27-14-18-5-3-2-4-6-18/h2-13,17H,14-16H2,1H3,(H2,27,28,31). The lowest BCUT2D eigenvalue weighted by Gasteiger charge is -2.22. The van der Waals surface area contributed by atoms with Crippen LogP contribution in [0, 0.1) is 5.82 Å². The van der Waals surface area contributed by atoms with Crippen molar-refractivity contribution in [3.63, 3.8) is 0 Å². The highest BCUT2D eigenvalue weighted by Crippen LogP contribution is 2.29. The molecule has 0 aliphatic carbocycles. The molecule has 2 N–H and O–H groups in total. The smallest absolute Gasteiger partial charge is 0.319 e. The number of halogens is 1. The molecule has 0 fully saturated rings. The van der Waals surface area contributed by atoms with Crippen LogP contribution in [0.15, 0.2) is 72.8 Å². The quantitative estimate of drug-likeness (QED) is 0.624. The van der Waals surface area contributed by atoms with Crippen LogP contribution in [0.25, 0.3) is 0 Å². The number of rotatable bonds is 5. The van der Waals surface area contributed by atoms with Crippen molar-refractivity contribution >= 4 is 17.6 Å². The molecular weight excluding hydrogens is 409 g/mol. The Labute approximate surface area is 186 Å². The summed E-state index contributed by atoms with van der Waals surface area (Å²) in [5.41, 5.74) is 3.21. The first-order valence-corrected chi connectivity index (χ1v) is 10.4. The molecule has 0 spiro atoms. The highest BCUT2D eigenvalue weighted by Gasteiger charge is 2.28. The molecule has 0 aromatic heterocycles. The molecule has 1 aliphatic heterocycles. The third-order valence-corrected chi connectivity index (χ3v) is 5.23. The van der Waals surface area contributed by atoms with Gasteiger partial charge in [0.25, 0.3) is 5.91 Å². The lowest BCUT2D eigenvalue weighted by molar-refractivity contribution is -0.138. The second-order valence-electron chi connectivity index (χ2n) is 7.70. The van der Waals surface area contributed by atoms with E-state index in [2.05, 4.69) is 10.6 Å². The molecule has 1 atom stereocenters. The Balaban J connectivity index is 1.46. The largest absolute Gasteiger partial charge is 0.481 e. The SMILES string of the molecule is CC1Oc2ccc(NC(=O)NCc3ccccc3)cc2CN(Cc2ccc(F)cc2)C1=O. The Morgan fingerprint density at radius 2 is 1.81 bits per heavy atom. The zero-order valence-corrected chi connectivity index (χ0v) is 17.7. The van der Waals surface area contributed by atoms with Crippen LogP contribution in [0.1, 0.15) is 23.6 Å². The van der Waals surface area contributed by atoms with E-state index in [9.17, 15) is 14.0 Å². The molecule has 1 heterocycles. The maximum Gasteiger partial charge on any atom is 0.319 e. The topological polar surface area (TPSA) is 70.7 Å². The van der Waals surface area contributed by atoms with Crippen molar-refractivity contribution in [3.05, 3.63) is 95.3 Å². The van der Waals surface area contributed by atoms with Gasteiger partial charge in [-0.3, -0.25) is 4.79 Å². The number of amides is 3. The minimum absolute atomic E-state index is 0.152. The van der Waals surface area contributed by atoms with Crippen LogP contribution in [-0.4, -0.2) is 22.9 Å². The fourth-order valence-electron chi connectivity index (χ4n) is 3.57. The van der Waals surface area contributed by atoms with E-state index in [1.165, 1.54) is 12.1 Å². The molecule has 0 bridgehead atoms. The van der Waals surface area contributed by atoms with Crippen molar-refractivity contribution < 1.29 is 18.7 Å². The average Bonchev–Trinajstić information content (AvgIpc) is 2.91. The second-order valence-corrected chi connectivity index (χ2v) is 7.70. The highest BCUT2D eigenvalue weighted by atomic mass is 19.1. The predicted octanol–water partition coefficient (Wildman–Crippen LogP) is 4.46. The van der Waals surface area contributed by atoms with Gasteiger partial charge in [0.15, 0.2) is 6.10 Å². The number of urea groups is 1. The number of benzene rings is 3. The van der Waals surface area contributed by atoms with E-state index in [4.69, 9.17) is 4.74 Å². The number of carbonyl (C=O) groups is 2. The van der Waals surface area contributed by atoms with E-state index in [0.717, 1.165) is 16.7 Å². The van der Waals surface area contributed by atoms with Crippen LogP contribution >= 0.6 is 0 Å². The molecule has 6 nitrogen and oxygen atoms in total. The predicted molar refractivity (Wildman–Crippen MR) is 119 cm³/mol. The Morgan fingerprint density at radius 1 is 1.06 bits per heavy atom. The van der Waals surface area contributed by atoms with Crippen LogP contribution in [0.3, 0.4) is 0 Å². The van der Waals surface area contributed by atoms with Crippen molar-refractivity contribution in [2.24, 2.45) is 0 Å². The first-order chi connectivity index (χ1) is 15.5. The summed E-state index contributed by atoms with van der Waals surface area (Å²) in [6.07, 6.45) is -0.648. The summed E-state index contributed by atoms with van der Waals surface area (Å²) in [5.74, 6) is 0.127. The summed E-state index contributed by atoms with van der Waals surface area (Å²) in [5, 5.41) is 5.65. The van der Waals surface area contributed by atoms with E-state index in [1.807, 2.05) is 30.3 Å². The summed E-state index contributed by atoms with van der Waals surface area (Å²) in [4.78, 5) is 26.8. The molecule has 4 rings (SSSR count). The zero-order chi connectivity index (χ0) is 22.5. The van der Waals surface area contributed by atoms with Crippen LogP contribution < -0.4 is 15.4 Å². The molecule has 1 aliphatic rings. The molecular formula is C25H24FN3O3. The van der Waals surface area contributed by atoms with Gasteiger partial charge >= 0.3 is 6.03 Å². The van der Waals surface area contributed by atoms with Gasteiger partial charge in [-0.15, -0.1) is 0 Å². The summed E-state index contributed by atoms with van der Waals surface area (Å²) in [7, 11) is 0. The lowest BCUT2D eigenvalue weighted by atomic mass is 10.1. The van der Waals surface area contributed by atoms with Gasteiger partial charge in [-0.1, -0.05) is 42.5 Å². The number of hydrogen-bond acceptors (Lipinski definition) is 3. The molecule has 3 aromatic rings.